The molecule has 1 N–H and O–H groups in total. The number of unbranched alkanes of at least 4 members (excludes halogenated alkanes) is 1. The summed E-state index contributed by atoms with van der Waals surface area (Å²) in [7, 11) is 0. The Morgan fingerprint density at radius 3 is 2.47 bits per heavy atom. The number of aliphatic hydroxyl groups is 1. The van der Waals surface area contributed by atoms with E-state index in [-0.39, 0.29) is 18.1 Å². The zero-order valence-corrected chi connectivity index (χ0v) is 17.8. The normalized spacial score (nSPS) is 21.7. The van der Waals surface area contributed by atoms with Gasteiger partial charge in [0.2, 0.25) is 0 Å². The smallest absolute Gasteiger partial charge is 0.264 e. The summed E-state index contributed by atoms with van der Waals surface area (Å²) in [5.74, 6) is 0.0000104. The minimum atomic E-state index is -1.79. The van der Waals surface area contributed by atoms with Gasteiger partial charge in [-0.3, -0.25) is 9.59 Å². The van der Waals surface area contributed by atoms with E-state index in [1.165, 1.54) is 37.7 Å². The van der Waals surface area contributed by atoms with E-state index >= 15 is 0 Å². The highest BCUT2D eigenvalue weighted by molar-refractivity contribution is 6.10. The topological polar surface area (TPSA) is 57.6 Å². The number of carbonyl (C=O) groups excluding carboxylic acids is 2. The highest BCUT2D eigenvalue weighted by Crippen LogP contribution is 2.43. The molecule has 0 saturated heterocycles. The summed E-state index contributed by atoms with van der Waals surface area (Å²) in [4.78, 5) is 27.8. The maximum Gasteiger partial charge on any atom is 0.264 e. The fourth-order valence-corrected chi connectivity index (χ4v) is 4.93. The molecule has 1 atom stereocenters. The maximum absolute atomic E-state index is 13.1. The van der Waals surface area contributed by atoms with Crippen molar-refractivity contribution in [3.63, 3.8) is 0 Å². The molecule has 30 heavy (non-hydrogen) atoms. The van der Waals surface area contributed by atoms with E-state index in [0.29, 0.717) is 23.6 Å². The predicted octanol–water partition coefficient (Wildman–Crippen LogP) is 5.34. The first-order valence-corrected chi connectivity index (χ1v) is 11.3. The summed E-state index contributed by atoms with van der Waals surface area (Å²) in [6, 6.07) is 15.1. The largest absolute Gasteiger partial charge is 0.375 e. The first-order chi connectivity index (χ1) is 14.5. The van der Waals surface area contributed by atoms with Gasteiger partial charge in [0.25, 0.3) is 5.91 Å². The zero-order chi connectivity index (χ0) is 21.1. The first kappa shape index (κ1) is 20.8. The van der Waals surface area contributed by atoms with Gasteiger partial charge in [0.05, 0.1) is 12.1 Å². The number of hydrogen-bond donors (Lipinski definition) is 1. The van der Waals surface area contributed by atoms with Gasteiger partial charge in [-0.2, -0.15) is 0 Å². The second-order valence-corrected chi connectivity index (χ2v) is 8.74. The van der Waals surface area contributed by atoms with Gasteiger partial charge in [-0.15, -0.1) is 0 Å². The van der Waals surface area contributed by atoms with Gasteiger partial charge in [0.15, 0.2) is 11.4 Å². The Kier molecular flexibility index (Phi) is 6.05. The molecule has 0 bridgehead atoms. The predicted molar refractivity (Wildman–Crippen MR) is 119 cm³/mol. The minimum absolute atomic E-state index is 0.201. The van der Waals surface area contributed by atoms with Crippen LogP contribution >= 0.6 is 0 Å². The Balaban J connectivity index is 1.54. The number of anilines is 1. The summed E-state index contributed by atoms with van der Waals surface area (Å²) in [5, 5.41) is 11.4. The molecular weight excluding hydrogens is 374 g/mol. The number of nitrogens with zero attached hydrogens (tertiary/aromatic N) is 1. The molecule has 1 amide bonds. The summed E-state index contributed by atoms with van der Waals surface area (Å²) in [6.07, 6.45) is 7.87. The number of para-hydroxylation sites is 1. The van der Waals surface area contributed by atoms with Crippen molar-refractivity contribution in [1.29, 1.82) is 0 Å². The number of ketones is 1. The van der Waals surface area contributed by atoms with Crippen LogP contribution in [0, 0.1) is 0 Å². The first-order valence-electron chi connectivity index (χ1n) is 11.3. The van der Waals surface area contributed by atoms with Gasteiger partial charge in [-0.05, 0) is 36.8 Å². The number of carbonyl (C=O) groups is 2. The second-order valence-electron chi connectivity index (χ2n) is 8.74. The lowest BCUT2D eigenvalue weighted by atomic mass is 9.83. The molecule has 1 aliphatic heterocycles. The average Bonchev–Trinajstić information content (AvgIpc) is 3.00. The van der Waals surface area contributed by atoms with Crippen LogP contribution in [0.3, 0.4) is 0 Å². The van der Waals surface area contributed by atoms with Crippen LogP contribution < -0.4 is 4.90 Å². The fraction of sp³-hybridized carbons (Fsp3) is 0.462. The SMILES string of the molecule is CCCCN1C(=O)C(O)(CC(=O)c2ccc(C3CCCCC3)cc2)c2ccccc21. The summed E-state index contributed by atoms with van der Waals surface area (Å²) in [5.41, 5.74) is 1.32. The van der Waals surface area contributed by atoms with E-state index in [1.54, 1.807) is 11.0 Å². The Morgan fingerprint density at radius 1 is 1.07 bits per heavy atom. The standard InChI is InChI=1S/C26H31NO3/c1-2-3-17-27-23-12-8-7-11-22(23)26(30,25(27)29)18-24(28)21-15-13-20(14-16-21)19-9-5-4-6-10-19/h7-8,11-16,19,30H,2-6,9-10,17-18H2,1H3. The third-order valence-corrected chi connectivity index (χ3v) is 6.70. The monoisotopic (exact) mass is 405 g/mol. The Morgan fingerprint density at radius 2 is 1.77 bits per heavy atom. The Hall–Kier alpha value is -2.46. The number of Topliss-reactive ketones (excluding diaryl/α,β-unsaturated/α-hetero) is 1. The molecular formula is C26H31NO3. The lowest BCUT2D eigenvalue weighted by Crippen LogP contribution is -2.42. The molecule has 4 nitrogen and oxygen atoms in total. The highest BCUT2D eigenvalue weighted by atomic mass is 16.3. The van der Waals surface area contributed by atoms with Gasteiger partial charge in [-0.1, -0.05) is 75.1 Å². The molecule has 1 saturated carbocycles. The van der Waals surface area contributed by atoms with Crippen molar-refractivity contribution in [2.45, 2.75) is 69.8 Å². The van der Waals surface area contributed by atoms with Crippen LogP contribution in [0.15, 0.2) is 48.5 Å². The molecule has 0 radical (unpaired) electrons. The number of amides is 1. The molecule has 158 valence electrons. The third-order valence-electron chi connectivity index (χ3n) is 6.70. The van der Waals surface area contributed by atoms with Gasteiger partial charge >= 0.3 is 0 Å². The summed E-state index contributed by atoms with van der Waals surface area (Å²) < 4.78 is 0. The third kappa shape index (κ3) is 3.81. The second kappa shape index (κ2) is 8.73. The van der Waals surface area contributed by atoms with Crippen molar-refractivity contribution in [1.82, 2.24) is 0 Å². The molecule has 0 spiro atoms. The lowest BCUT2D eigenvalue weighted by Gasteiger charge is -2.23. The van der Waals surface area contributed by atoms with E-state index in [0.717, 1.165) is 18.5 Å². The van der Waals surface area contributed by atoms with Crippen LogP contribution in [0.5, 0.6) is 0 Å². The molecule has 1 fully saturated rings. The van der Waals surface area contributed by atoms with Gasteiger partial charge in [0, 0.05) is 17.7 Å². The molecule has 1 unspecified atom stereocenters. The van der Waals surface area contributed by atoms with Gasteiger partial charge in [0.1, 0.15) is 0 Å². The van der Waals surface area contributed by atoms with Crippen LogP contribution in [0.2, 0.25) is 0 Å². The number of fused-ring (bicyclic) bond motifs is 1. The van der Waals surface area contributed by atoms with Crippen LogP contribution in [0.25, 0.3) is 0 Å². The van der Waals surface area contributed by atoms with E-state index in [4.69, 9.17) is 0 Å². The van der Waals surface area contributed by atoms with Crippen molar-refractivity contribution in [2.75, 3.05) is 11.4 Å². The number of hydrogen-bond acceptors (Lipinski definition) is 3. The summed E-state index contributed by atoms with van der Waals surface area (Å²) >= 11 is 0. The van der Waals surface area contributed by atoms with E-state index in [1.807, 2.05) is 42.5 Å². The van der Waals surface area contributed by atoms with Crippen molar-refractivity contribution in [3.8, 4) is 0 Å². The van der Waals surface area contributed by atoms with Crippen LogP contribution in [-0.2, 0) is 10.4 Å². The van der Waals surface area contributed by atoms with Gasteiger partial charge < -0.3 is 10.0 Å². The van der Waals surface area contributed by atoms with Crippen molar-refractivity contribution in [3.05, 3.63) is 65.2 Å². The maximum atomic E-state index is 13.1. The molecule has 2 aromatic rings. The van der Waals surface area contributed by atoms with Crippen LogP contribution in [-0.4, -0.2) is 23.3 Å². The molecule has 1 heterocycles. The Bertz CT molecular complexity index is 914. The Labute approximate surface area is 178 Å². The van der Waals surface area contributed by atoms with E-state index < -0.39 is 5.60 Å². The lowest BCUT2D eigenvalue weighted by molar-refractivity contribution is -0.135. The number of benzene rings is 2. The molecule has 4 heteroatoms. The zero-order valence-electron chi connectivity index (χ0n) is 17.8. The van der Waals surface area contributed by atoms with E-state index in [2.05, 4.69) is 6.92 Å². The molecule has 2 aliphatic rings. The fourth-order valence-electron chi connectivity index (χ4n) is 4.93. The molecule has 0 aromatic heterocycles. The van der Waals surface area contributed by atoms with E-state index in [9.17, 15) is 14.7 Å². The van der Waals surface area contributed by atoms with Crippen molar-refractivity contribution < 1.29 is 14.7 Å². The van der Waals surface area contributed by atoms with Crippen molar-refractivity contribution in [2.24, 2.45) is 0 Å². The van der Waals surface area contributed by atoms with Gasteiger partial charge in [-0.25, -0.2) is 0 Å². The molecule has 2 aromatic carbocycles. The van der Waals surface area contributed by atoms with Crippen molar-refractivity contribution >= 4 is 17.4 Å². The molecule has 4 rings (SSSR count). The highest BCUT2D eigenvalue weighted by Gasteiger charge is 2.50. The summed E-state index contributed by atoms with van der Waals surface area (Å²) in [6.45, 7) is 2.62. The average molecular weight is 406 g/mol. The number of rotatable bonds is 7. The minimum Gasteiger partial charge on any atom is -0.375 e. The van der Waals surface area contributed by atoms with Crippen LogP contribution in [0.4, 0.5) is 5.69 Å². The molecule has 1 aliphatic carbocycles. The van der Waals surface area contributed by atoms with Crippen LogP contribution in [0.1, 0.15) is 85.7 Å². The quantitative estimate of drug-likeness (QED) is 0.633.